The topological polar surface area (TPSA) is 29.1 Å². The van der Waals surface area contributed by atoms with E-state index in [2.05, 4.69) is 43.4 Å². The Morgan fingerprint density at radius 2 is 1.68 bits per heavy atom. The zero-order valence-corrected chi connectivity index (χ0v) is 20.4. The van der Waals surface area contributed by atoms with Gasteiger partial charge in [-0.2, -0.15) is 0 Å². The van der Waals surface area contributed by atoms with Crippen molar-refractivity contribution < 1.29 is 4.79 Å². The first-order chi connectivity index (χ1) is 15.1. The standard InChI is InChI=1S/C27H39NO.C2H6/c1-18-8-10-21-20(16-18)9-11-23-22(21)14-15-27(2)24(23)12-13-25(27)26(29)28-17-19-6-4-3-5-7-19;1-2/h3-7,18,20-25H,8-17H2,1-2H3,(H,28,29);1-2H3/t18?,20?,21?,22?,23?,24?,25-,27?;/m1./s1. The Bertz CT molecular complexity index is 730. The predicted octanol–water partition coefficient (Wildman–Crippen LogP) is 7.23. The number of nitrogens with one attached hydrogen (secondary N) is 1. The highest BCUT2D eigenvalue weighted by atomic mass is 16.1. The van der Waals surface area contributed by atoms with Crippen LogP contribution in [0, 0.1) is 46.8 Å². The number of carbonyl (C=O) groups excluding carboxylic acids is 1. The van der Waals surface area contributed by atoms with Crippen LogP contribution in [-0.2, 0) is 11.3 Å². The summed E-state index contributed by atoms with van der Waals surface area (Å²) in [6.45, 7) is 9.61. The average Bonchev–Trinajstić information content (AvgIpc) is 3.16. The second-order valence-electron chi connectivity index (χ2n) is 11.2. The van der Waals surface area contributed by atoms with Crippen molar-refractivity contribution in [2.24, 2.45) is 46.8 Å². The number of hydrogen-bond donors (Lipinski definition) is 1. The minimum absolute atomic E-state index is 0.223. The van der Waals surface area contributed by atoms with E-state index in [9.17, 15) is 4.79 Å². The van der Waals surface area contributed by atoms with Gasteiger partial charge in [-0.3, -0.25) is 4.79 Å². The highest BCUT2D eigenvalue weighted by molar-refractivity contribution is 5.80. The number of amides is 1. The maximum Gasteiger partial charge on any atom is 0.223 e. The number of fused-ring (bicyclic) bond motifs is 5. The molecule has 0 aromatic heterocycles. The Labute approximate surface area is 191 Å². The Morgan fingerprint density at radius 1 is 0.935 bits per heavy atom. The molecule has 8 atom stereocenters. The maximum absolute atomic E-state index is 13.2. The van der Waals surface area contributed by atoms with Gasteiger partial charge in [-0.25, -0.2) is 0 Å². The zero-order valence-electron chi connectivity index (χ0n) is 20.4. The highest BCUT2D eigenvalue weighted by Gasteiger charge is 2.58. The third-order valence-electron chi connectivity index (χ3n) is 9.84. The molecule has 1 aromatic carbocycles. The minimum atomic E-state index is 0.223. The van der Waals surface area contributed by atoms with Crippen LogP contribution in [0.25, 0.3) is 0 Å². The molecule has 1 N–H and O–H groups in total. The van der Waals surface area contributed by atoms with E-state index in [1.54, 1.807) is 0 Å². The van der Waals surface area contributed by atoms with Crippen molar-refractivity contribution in [3.8, 4) is 0 Å². The number of hydrogen-bond acceptors (Lipinski definition) is 1. The first-order valence-corrected chi connectivity index (χ1v) is 13.4. The fourth-order valence-electron chi connectivity index (χ4n) is 8.43. The van der Waals surface area contributed by atoms with Gasteiger partial charge in [0, 0.05) is 12.5 Å². The lowest BCUT2D eigenvalue weighted by Crippen LogP contribution is -2.50. The van der Waals surface area contributed by atoms with Crippen LogP contribution in [0.4, 0.5) is 0 Å². The van der Waals surface area contributed by atoms with E-state index in [0.717, 1.165) is 41.9 Å². The summed E-state index contributed by atoms with van der Waals surface area (Å²) >= 11 is 0. The molecule has 0 spiro atoms. The lowest BCUT2D eigenvalue weighted by atomic mass is 9.49. The molecule has 0 aliphatic heterocycles. The van der Waals surface area contributed by atoms with Crippen molar-refractivity contribution in [1.29, 1.82) is 0 Å². The van der Waals surface area contributed by atoms with Gasteiger partial charge >= 0.3 is 0 Å². The molecule has 1 aromatic rings. The van der Waals surface area contributed by atoms with Crippen LogP contribution in [0.2, 0.25) is 0 Å². The smallest absolute Gasteiger partial charge is 0.223 e. The number of rotatable bonds is 3. The quantitative estimate of drug-likeness (QED) is 0.545. The van der Waals surface area contributed by atoms with Gasteiger partial charge in [-0.05, 0) is 97.9 Å². The molecular weight excluding hydrogens is 378 g/mol. The molecule has 7 unspecified atom stereocenters. The van der Waals surface area contributed by atoms with Gasteiger partial charge in [0.15, 0.2) is 0 Å². The monoisotopic (exact) mass is 423 g/mol. The van der Waals surface area contributed by atoms with Gasteiger partial charge in [-0.1, -0.05) is 64.4 Å². The predicted molar refractivity (Wildman–Crippen MR) is 129 cm³/mol. The fourth-order valence-corrected chi connectivity index (χ4v) is 8.43. The summed E-state index contributed by atoms with van der Waals surface area (Å²) in [6.07, 6.45) is 12.4. The van der Waals surface area contributed by atoms with Crippen molar-refractivity contribution >= 4 is 5.91 Å². The lowest BCUT2D eigenvalue weighted by molar-refractivity contribution is -0.132. The molecule has 172 valence electrons. The van der Waals surface area contributed by atoms with E-state index in [0.29, 0.717) is 12.5 Å². The van der Waals surface area contributed by atoms with Crippen molar-refractivity contribution in [2.45, 2.75) is 92.0 Å². The Hall–Kier alpha value is -1.31. The van der Waals surface area contributed by atoms with Crippen LogP contribution in [0.3, 0.4) is 0 Å². The molecule has 4 fully saturated rings. The SMILES string of the molecule is CC.CC1CCC2C(CCC3C2CCC2(C)C3CC[C@@H]2C(=O)NCc2ccccc2)C1. The molecule has 0 saturated heterocycles. The third kappa shape index (κ3) is 4.33. The van der Waals surface area contributed by atoms with Gasteiger partial charge in [0.1, 0.15) is 0 Å². The second kappa shape index (κ2) is 9.67. The lowest BCUT2D eigenvalue weighted by Gasteiger charge is -2.56. The summed E-state index contributed by atoms with van der Waals surface area (Å²) in [5.41, 5.74) is 1.44. The third-order valence-corrected chi connectivity index (χ3v) is 9.84. The van der Waals surface area contributed by atoms with Gasteiger partial charge in [0.2, 0.25) is 5.91 Å². The van der Waals surface area contributed by atoms with Gasteiger partial charge in [-0.15, -0.1) is 0 Å². The van der Waals surface area contributed by atoms with Crippen LogP contribution in [0.1, 0.15) is 91.0 Å². The van der Waals surface area contributed by atoms with E-state index in [1.807, 2.05) is 19.9 Å². The Kier molecular flexibility index (Phi) is 7.14. The molecule has 4 aliphatic carbocycles. The van der Waals surface area contributed by atoms with Crippen molar-refractivity contribution in [1.82, 2.24) is 5.32 Å². The molecule has 0 bridgehead atoms. The summed E-state index contributed by atoms with van der Waals surface area (Å²) in [4.78, 5) is 13.2. The maximum atomic E-state index is 13.2. The minimum Gasteiger partial charge on any atom is -0.352 e. The molecule has 31 heavy (non-hydrogen) atoms. The van der Waals surface area contributed by atoms with E-state index < -0.39 is 0 Å². The van der Waals surface area contributed by atoms with Crippen LogP contribution in [0.15, 0.2) is 30.3 Å². The van der Waals surface area contributed by atoms with Crippen molar-refractivity contribution in [2.75, 3.05) is 0 Å². The second-order valence-corrected chi connectivity index (χ2v) is 11.2. The Morgan fingerprint density at radius 3 is 2.45 bits per heavy atom. The molecule has 2 nitrogen and oxygen atoms in total. The van der Waals surface area contributed by atoms with E-state index in [1.165, 1.54) is 56.9 Å². The molecule has 4 saturated carbocycles. The van der Waals surface area contributed by atoms with Crippen molar-refractivity contribution in [3.05, 3.63) is 35.9 Å². The molecule has 4 aliphatic rings. The van der Waals surface area contributed by atoms with Crippen LogP contribution >= 0.6 is 0 Å². The fraction of sp³-hybridized carbons (Fsp3) is 0.759. The van der Waals surface area contributed by atoms with E-state index in [-0.39, 0.29) is 11.3 Å². The summed E-state index contributed by atoms with van der Waals surface area (Å²) in [7, 11) is 0. The van der Waals surface area contributed by atoms with Crippen LogP contribution in [-0.4, -0.2) is 5.91 Å². The van der Waals surface area contributed by atoms with E-state index in [4.69, 9.17) is 0 Å². The molecule has 0 radical (unpaired) electrons. The van der Waals surface area contributed by atoms with E-state index >= 15 is 0 Å². The first kappa shape index (κ1) is 22.9. The number of benzene rings is 1. The largest absolute Gasteiger partial charge is 0.352 e. The molecule has 0 heterocycles. The van der Waals surface area contributed by atoms with Crippen LogP contribution in [0.5, 0.6) is 0 Å². The molecule has 5 rings (SSSR count). The molecular formula is C29H45NO. The normalized spacial score (nSPS) is 41.1. The first-order valence-electron chi connectivity index (χ1n) is 13.4. The van der Waals surface area contributed by atoms with Gasteiger partial charge in [0.05, 0.1) is 0 Å². The Balaban J connectivity index is 0.00000112. The summed E-state index contributed by atoms with van der Waals surface area (Å²) in [6, 6.07) is 10.4. The number of carbonyl (C=O) groups is 1. The highest BCUT2D eigenvalue weighted by Crippen LogP contribution is 2.64. The molecule has 1 amide bonds. The van der Waals surface area contributed by atoms with Gasteiger partial charge in [0.25, 0.3) is 0 Å². The molecule has 2 heteroatoms. The summed E-state index contributed by atoms with van der Waals surface area (Å²) < 4.78 is 0. The van der Waals surface area contributed by atoms with Crippen molar-refractivity contribution in [3.63, 3.8) is 0 Å². The van der Waals surface area contributed by atoms with Gasteiger partial charge < -0.3 is 5.32 Å². The zero-order chi connectivity index (χ0) is 22.0. The van der Waals surface area contributed by atoms with Crippen LogP contribution < -0.4 is 5.32 Å². The summed E-state index contributed by atoms with van der Waals surface area (Å²) in [5.74, 6) is 6.15. The summed E-state index contributed by atoms with van der Waals surface area (Å²) in [5, 5.41) is 3.28. The average molecular weight is 424 g/mol.